The van der Waals surface area contributed by atoms with Gasteiger partial charge in [-0.05, 0) is 30.5 Å². The lowest BCUT2D eigenvalue weighted by Gasteiger charge is -2.32. The van der Waals surface area contributed by atoms with Crippen molar-refractivity contribution in [3.63, 3.8) is 0 Å². The first kappa shape index (κ1) is 20.8. The maximum Gasteiger partial charge on any atom is 0.230 e. The molecule has 1 amide bonds. The highest BCUT2D eigenvalue weighted by Crippen LogP contribution is 2.21. The van der Waals surface area contributed by atoms with Crippen LogP contribution in [0.5, 0.6) is 0 Å². The lowest BCUT2D eigenvalue weighted by molar-refractivity contribution is -0.118. The van der Waals surface area contributed by atoms with Crippen LogP contribution in [0.2, 0.25) is 0 Å². The van der Waals surface area contributed by atoms with Crippen molar-refractivity contribution in [1.29, 1.82) is 0 Å². The van der Waals surface area contributed by atoms with Crippen molar-refractivity contribution < 1.29 is 9.53 Å². The Balaban J connectivity index is 1.49. The summed E-state index contributed by atoms with van der Waals surface area (Å²) in [5.41, 5.74) is 2.29. The highest BCUT2D eigenvalue weighted by Gasteiger charge is 2.18. The molecule has 152 valence electrons. The summed E-state index contributed by atoms with van der Waals surface area (Å²) in [6, 6.07) is 8.67. The highest BCUT2D eigenvalue weighted by atomic mass is 32.2. The number of carbonyl (C=O) groups is 1. The van der Waals surface area contributed by atoms with Crippen LogP contribution in [0.3, 0.4) is 0 Å². The number of thioether (sulfide) groups is 1. The maximum atomic E-state index is 12.3. The molecule has 1 fully saturated rings. The van der Waals surface area contributed by atoms with E-state index in [1.807, 2.05) is 4.57 Å². The van der Waals surface area contributed by atoms with Crippen LogP contribution in [0.25, 0.3) is 5.69 Å². The molecular weight excluding hydrogens is 374 g/mol. The molecule has 0 bridgehead atoms. The van der Waals surface area contributed by atoms with Gasteiger partial charge in [-0.15, -0.1) is 10.2 Å². The first-order valence-corrected chi connectivity index (χ1v) is 10.7. The maximum absolute atomic E-state index is 12.3. The van der Waals surface area contributed by atoms with Gasteiger partial charge in [0.05, 0.1) is 19.0 Å². The molecule has 3 rings (SSSR count). The van der Waals surface area contributed by atoms with Crippen molar-refractivity contribution >= 4 is 17.7 Å². The molecule has 0 spiro atoms. The van der Waals surface area contributed by atoms with Gasteiger partial charge in [-0.1, -0.05) is 37.7 Å². The molecule has 1 aromatic heterocycles. The Kier molecular flexibility index (Phi) is 7.47. The summed E-state index contributed by atoms with van der Waals surface area (Å²) in [6.45, 7) is 10.5. The minimum atomic E-state index is 0.00909. The standard InChI is InChI=1S/C20H29N5O2S/c1-15(2)17-4-6-18(7-5-17)25-14-22-23-20(25)28-13-19(26)21-12-16(3)24-8-10-27-11-9-24/h4-7,14-16H,8-13H2,1-3H3,(H,21,26). The Morgan fingerprint density at radius 2 is 1.93 bits per heavy atom. The first-order valence-electron chi connectivity index (χ1n) is 9.76. The number of hydrogen-bond donors (Lipinski definition) is 1. The zero-order valence-corrected chi connectivity index (χ0v) is 17.6. The van der Waals surface area contributed by atoms with Gasteiger partial charge in [0.2, 0.25) is 5.91 Å². The number of rotatable bonds is 8. The van der Waals surface area contributed by atoms with Crippen molar-refractivity contribution in [2.45, 2.75) is 37.9 Å². The summed E-state index contributed by atoms with van der Waals surface area (Å²) in [4.78, 5) is 14.6. The number of aromatic nitrogens is 3. The molecule has 1 saturated heterocycles. The predicted octanol–water partition coefficient (Wildman–Crippen LogP) is 2.32. The zero-order valence-electron chi connectivity index (χ0n) is 16.8. The van der Waals surface area contributed by atoms with Gasteiger partial charge in [-0.2, -0.15) is 0 Å². The van der Waals surface area contributed by atoms with Crippen LogP contribution >= 0.6 is 11.8 Å². The van der Waals surface area contributed by atoms with E-state index in [-0.39, 0.29) is 5.91 Å². The number of hydrogen-bond acceptors (Lipinski definition) is 6. The fourth-order valence-electron chi connectivity index (χ4n) is 3.11. The molecule has 1 aliphatic rings. The molecule has 1 aliphatic heterocycles. The molecule has 1 N–H and O–H groups in total. The van der Waals surface area contributed by atoms with Crippen molar-refractivity contribution in [3.05, 3.63) is 36.2 Å². The molecular formula is C20H29N5O2S. The van der Waals surface area contributed by atoms with Crippen LogP contribution in [0.4, 0.5) is 0 Å². The number of carbonyl (C=O) groups excluding carboxylic acids is 1. The van der Waals surface area contributed by atoms with Crippen molar-refractivity contribution in [2.24, 2.45) is 0 Å². The molecule has 0 saturated carbocycles. The van der Waals surface area contributed by atoms with E-state index in [0.717, 1.165) is 32.0 Å². The third-order valence-corrected chi connectivity index (χ3v) is 5.89. The average Bonchev–Trinajstić information content (AvgIpc) is 3.19. The van der Waals surface area contributed by atoms with Crippen molar-refractivity contribution in [1.82, 2.24) is 25.0 Å². The minimum absolute atomic E-state index is 0.00909. The van der Waals surface area contributed by atoms with Crippen LogP contribution in [0.1, 0.15) is 32.3 Å². The Bertz CT molecular complexity index is 756. The number of nitrogens with zero attached hydrogens (tertiary/aromatic N) is 4. The van der Waals surface area contributed by atoms with E-state index in [1.54, 1.807) is 6.33 Å². The molecule has 1 aromatic carbocycles. The van der Waals surface area contributed by atoms with Gasteiger partial charge < -0.3 is 10.1 Å². The lowest BCUT2D eigenvalue weighted by Crippen LogP contribution is -2.47. The van der Waals surface area contributed by atoms with Crippen LogP contribution in [0, 0.1) is 0 Å². The van der Waals surface area contributed by atoms with Gasteiger partial charge >= 0.3 is 0 Å². The largest absolute Gasteiger partial charge is 0.379 e. The third kappa shape index (κ3) is 5.56. The summed E-state index contributed by atoms with van der Waals surface area (Å²) < 4.78 is 7.29. The second-order valence-electron chi connectivity index (χ2n) is 7.32. The van der Waals surface area contributed by atoms with Crippen LogP contribution in [0.15, 0.2) is 35.7 Å². The third-order valence-electron chi connectivity index (χ3n) is 4.95. The Morgan fingerprint density at radius 1 is 1.21 bits per heavy atom. The van der Waals surface area contributed by atoms with Gasteiger partial charge in [0.15, 0.2) is 5.16 Å². The first-order chi connectivity index (χ1) is 13.5. The monoisotopic (exact) mass is 403 g/mol. The fourth-order valence-corrected chi connectivity index (χ4v) is 3.87. The van der Waals surface area contributed by atoms with Gasteiger partial charge in [0.1, 0.15) is 6.33 Å². The highest BCUT2D eigenvalue weighted by molar-refractivity contribution is 7.99. The van der Waals surface area contributed by atoms with E-state index in [4.69, 9.17) is 4.74 Å². The number of ether oxygens (including phenoxy) is 1. The van der Waals surface area contributed by atoms with Crippen molar-refractivity contribution in [3.8, 4) is 5.69 Å². The lowest BCUT2D eigenvalue weighted by atomic mass is 10.0. The minimum Gasteiger partial charge on any atom is -0.379 e. The molecule has 1 atom stereocenters. The van der Waals surface area contributed by atoms with E-state index < -0.39 is 0 Å². The van der Waals surface area contributed by atoms with Gasteiger partial charge in [0, 0.05) is 31.4 Å². The van der Waals surface area contributed by atoms with E-state index in [9.17, 15) is 4.79 Å². The normalized spacial score (nSPS) is 16.3. The summed E-state index contributed by atoms with van der Waals surface area (Å²) in [5, 5.41) is 11.9. The molecule has 28 heavy (non-hydrogen) atoms. The number of amides is 1. The van der Waals surface area contributed by atoms with Crippen molar-refractivity contribution in [2.75, 3.05) is 38.6 Å². The topological polar surface area (TPSA) is 72.3 Å². The van der Waals surface area contributed by atoms with Gasteiger partial charge in [-0.25, -0.2) is 0 Å². The summed E-state index contributed by atoms with van der Waals surface area (Å²) in [7, 11) is 0. The average molecular weight is 404 g/mol. The second-order valence-corrected chi connectivity index (χ2v) is 8.26. The second kappa shape index (κ2) is 10.0. The zero-order chi connectivity index (χ0) is 19.9. The molecule has 0 radical (unpaired) electrons. The predicted molar refractivity (Wildman–Crippen MR) is 111 cm³/mol. The molecule has 0 aliphatic carbocycles. The Morgan fingerprint density at radius 3 is 2.61 bits per heavy atom. The van der Waals surface area contributed by atoms with E-state index >= 15 is 0 Å². The van der Waals surface area contributed by atoms with Gasteiger partial charge in [-0.3, -0.25) is 14.3 Å². The number of morpholine rings is 1. The van der Waals surface area contributed by atoms with E-state index in [2.05, 4.69) is 65.5 Å². The molecule has 2 heterocycles. The SMILES string of the molecule is CC(C)c1ccc(-n2cnnc2SCC(=O)NCC(C)N2CCOCC2)cc1. The molecule has 8 heteroatoms. The summed E-state index contributed by atoms with van der Waals surface area (Å²) >= 11 is 1.40. The summed E-state index contributed by atoms with van der Waals surface area (Å²) in [5.74, 6) is 0.820. The van der Waals surface area contributed by atoms with Gasteiger partial charge in [0.25, 0.3) is 0 Å². The summed E-state index contributed by atoms with van der Waals surface area (Å²) in [6.07, 6.45) is 1.69. The van der Waals surface area contributed by atoms with E-state index in [1.165, 1.54) is 17.3 Å². The smallest absolute Gasteiger partial charge is 0.230 e. The quantitative estimate of drug-likeness (QED) is 0.682. The Hall–Kier alpha value is -1.90. The Labute approximate surface area is 170 Å². The molecule has 2 aromatic rings. The van der Waals surface area contributed by atoms with Crippen LogP contribution in [-0.2, 0) is 9.53 Å². The molecule has 1 unspecified atom stereocenters. The number of nitrogens with one attached hydrogen (secondary N) is 1. The van der Waals surface area contributed by atoms with Crippen LogP contribution in [-0.4, -0.2) is 70.2 Å². The molecule has 7 nitrogen and oxygen atoms in total. The fraction of sp³-hybridized carbons (Fsp3) is 0.550. The van der Waals surface area contributed by atoms with E-state index in [0.29, 0.717) is 29.4 Å². The number of benzene rings is 1. The van der Waals surface area contributed by atoms with Crippen LogP contribution < -0.4 is 5.32 Å².